The molecule has 1 aromatic rings. The van der Waals surface area contributed by atoms with E-state index in [2.05, 4.69) is 5.32 Å². The molecule has 1 saturated carbocycles. The number of aliphatic carboxylic acids is 1. The minimum Gasteiger partial charge on any atom is -0.481 e. The number of benzene rings is 1. The minimum atomic E-state index is -3.42. The van der Waals surface area contributed by atoms with Crippen molar-refractivity contribution in [1.29, 1.82) is 0 Å². The highest BCUT2D eigenvalue weighted by atomic mass is 32.2. The Labute approximate surface area is 129 Å². The molecule has 120 valence electrons. The fourth-order valence-corrected chi connectivity index (χ4v) is 3.33. The zero-order valence-electron chi connectivity index (χ0n) is 12.5. The molecule has 0 spiro atoms. The minimum absolute atomic E-state index is 0.0604. The van der Waals surface area contributed by atoms with Gasteiger partial charge in [0.2, 0.25) is 0 Å². The van der Waals surface area contributed by atoms with Crippen LogP contribution in [0.4, 0.5) is 0 Å². The lowest BCUT2D eigenvalue weighted by Gasteiger charge is -2.12. The molecule has 2 N–H and O–H groups in total. The molecule has 1 fully saturated rings. The van der Waals surface area contributed by atoms with Gasteiger partial charge < -0.3 is 10.4 Å². The number of sulfone groups is 1. The summed E-state index contributed by atoms with van der Waals surface area (Å²) in [5, 5.41) is 11.7. The van der Waals surface area contributed by atoms with E-state index in [1.165, 1.54) is 6.07 Å². The van der Waals surface area contributed by atoms with Crippen molar-refractivity contribution >= 4 is 21.7 Å². The second kappa shape index (κ2) is 5.72. The van der Waals surface area contributed by atoms with E-state index in [4.69, 9.17) is 5.11 Å². The maximum atomic E-state index is 12.1. The summed E-state index contributed by atoms with van der Waals surface area (Å²) in [7, 11) is -3.42. The molecule has 1 aliphatic rings. The van der Waals surface area contributed by atoms with Crippen LogP contribution < -0.4 is 5.32 Å². The monoisotopic (exact) mass is 325 g/mol. The highest BCUT2D eigenvalue weighted by Gasteiger charge is 2.50. The van der Waals surface area contributed by atoms with E-state index in [-0.39, 0.29) is 17.0 Å². The Hall–Kier alpha value is -1.89. The zero-order valence-corrected chi connectivity index (χ0v) is 13.4. The fourth-order valence-electron chi connectivity index (χ4n) is 2.30. The summed E-state index contributed by atoms with van der Waals surface area (Å²) in [6, 6.07) is 4.53. The number of carboxylic acid groups (broad SMARTS) is 1. The number of rotatable bonds is 6. The first-order chi connectivity index (χ1) is 10.2. The third kappa shape index (κ3) is 3.30. The van der Waals surface area contributed by atoms with Crippen LogP contribution in [0.5, 0.6) is 0 Å². The smallest absolute Gasteiger partial charge is 0.311 e. The van der Waals surface area contributed by atoms with Gasteiger partial charge in [0.05, 0.1) is 10.3 Å². The number of carboxylic acids is 1. The molecule has 1 aromatic carbocycles. The molecule has 6 nitrogen and oxygen atoms in total. The van der Waals surface area contributed by atoms with E-state index in [0.717, 1.165) is 6.26 Å². The van der Waals surface area contributed by atoms with Gasteiger partial charge in [-0.2, -0.15) is 0 Å². The highest BCUT2D eigenvalue weighted by Crippen LogP contribution is 2.45. The second-order valence-corrected chi connectivity index (χ2v) is 7.70. The van der Waals surface area contributed by atoms with Crippen LogP contribution in [0.2, 0.25) is 0 Å². The van der Waals surface area contributed by atoms with Gasteiger partial charge in [-0.25, -0.2) is 8.42 Å². The molecule has 1 amide bonds. The molecule has 0 aromatic heterocycles. The average molecular weight is 325 g/mol. The number of amides is 1. The maximum Gasteiger partial charge on any atom is 0.311 e. The van der Waals surface area contributed by atoms with Crippen LogP contribution in [0.25, 0.3) is 0 Å². The molecular weight excluding hydrogens is 306 g/mol. The third-order valence-corrected chi connectivity index (χ3v) is 5.18. The predicted octanol–water partition coefficient (Wildman–Crippen LogP) is 1.25. The maximum absolute atomic E-state index is 12.1. The van der Waals surface area contributed by atoms with Crippen LogP contribution >= 0.6 is 0 Å². The van der Waals surface area contributed by atoms with Crippen molar-refractivity contribution in [3.63, 3.8) is 0 Å². The van der Waals surface area contributed by atoms with E-state index >= 15 is 0 Å². The number of carbonyl (C=O) groups excluding carboxylic acids is 1. The lowest BCUT2D eigenvalue weighted by Crippen LogP contribution is -2.34. The molecule has 0 radical (unpaired) electrons. The summed E-state index contributed by atoms with van der Waals surface area (Å²) in [4.78, 5) is 23.3. The lowest BCUT2D eigenvalue weighted by molar-refractivity contribution is -0.143. The van der Waals surface area contributed by atoms with Crippen LogP contribution in [-0.2, 0) is 21.1 Å². The van der Waals surface area contributed by atoms with Gasteiger partial charge in [0.15, 0.2) is 9.84 Å². The number of aryl methyl sites for hydroxylation is 1. The van der Waals surface area contributed by atoms with Crippen molar-refractivity contribution in [3.8, 4) is 0 Å². The van der Waals surface area contributed by atoms with Crippen molar-refractivity contribution in [1.82, 2.24) is 5.32 Å². The molecular formula is C15H19NO5S. The second-order valence-electron chi connectivity index (χ2n) is 5.72. The first-order valence-electron chi connectivity index (χ1n) is 7.04. The van der Waals surface area contributed by atoms with Crippen LogP contribution in [0.1, 0.15) is 35.7 Å². The molecule has 22 heavy (non-hydrogen) atoms. The van der Waals surface area contributed by atoms with Gasteiger partial charge in [-0.3, -0.25) is 9.59 Å². The van der Waals surface area contributed by atoms with Crippen LogP contribution in [0, 0.1) is 5.41 Å². The Morgan fingerprint density at radius 2 is 1.95 bits per heavy atom. The number of hydrogen-bond acceptors (Lipinski definition) is 4. The zero-order chi connectivity index (χ0) is 16.5. The molecule has 0 unspecified atom stereocenters. The van der Waals surface area contributed by atoms with Crippen LogP contribution in [0.15, 0.2) is 23.1 Å². The molecule has 0 bridgehead atoms. The number of carbonyl (C=O) groups is 2. The van der Waals surface area contributed by atoms with Gasteiger partial charge in [0.25, 0.3) is 5.91 Å². The molecule has 7 heteroatoms. The van der Waals surface area contributed by atoms with E-state index in [1.54, 1.807) is 12.1 Å². The largest absolute Gasteiger partial charge is 0.481 e. The van der Waals surface area contributed by atoms with E-state index in [9.17, 15) is 18.0 Å². The Kier molecular flexibility index (Phi) is 4.28. The summed E-state index contributed by atoms with van der Waals surface area (Å²) >= 11 is 0. The summed E-state index contributed by atoms with van der Waals surface area (Å²) in [6.07, 6.45) is 2.75. The van der Waals surface area contributed by atoms with Gasteiger partial charge in [0.1, 0.15) is 0 Å². The lowest BCUT2D eigenvalue weighted by atomic mass is 10.1. The molecule has 2 rings (SSSR count). The number of hydrogen-bond donors (Lipinski definition) is 2. The Bertz CT molecular complexity index is 719. The highest BCUT2D eigenvalue weighted by molar-refractivity contribution is 7.90. The van der Waals surface area contributed by atoms with E-state index in [1.807, 2.05) is 6.92 Å². The van der Waals surface area contributed by atoms with Crippen molar-refractivity contribution in [2.24, 2.45) is 5.41 Å². The topological polar surface area (TPSA) is 101 Å². The molecule has 0 atom stereocenters. The summed E-state index contributed by atoms with van der Waals surface area (Å²) in [5.74, 6) is -1.37. The molecule has 0 aliphatic heterocycles. The van der Waals surface area contributed by atoms with Gasteiger partial charge in [-0.05, 0) is 37.0 Å². The summed E-state index contributed by atoms with van der Waals surface area (Å²) < 4.78 is 23.6. The van der Waals surface area contributed by atoms with Gasteiger partial charge >= 0.3 is 5.97 Å². The normalized spacial score (nSPS) is 16.1. The number of nitrogens with one attached hydrogen (secondary N) is 1. The van der Waals surface area contributed by atoms with Gasteiger partial charge in [-0.15, -0.1) is 0 Å². The summed E-state index contributed by atoms with van der Waals surface area (Å²) in [5.41, 5.74) is 0.0284. The Morgan fingerprint density at radius 1 is 1.32 bits per heavy atom. The van der Waals surface area contributed by atoms with Crippen LogP contribution in [0.3, 0.4) is 0 Å². The molecule has 0 saturated heterocycles. The average Bonchev–Trinajstić information content (AvgIpc) is 3.24. The first-order valence-corrected chi connectivity index (χ1v) is 8.93. The quantitative estimate of drug-likeness (QED) is 0.820. The molecule has 1 aliphatic carbocycles. The third-order valence-electron chi connectivity index (χ3n) is 4.00. The summed E-state index contributed by atoms with van der Waals surface area (Å²) in [6.45, 7) is 1.90. The standard InChI is InChI=1S/C15H19NO5S/c1-3-10-4-5-11(8-12(10)22(2,20)21)13(17)16-9-15(6-7-15)14(18)19/h4-5,8H,3,6-7,9H2,1-2H3,(H,16,17)(H,18,19). The van der Waals surface area contributed by atoms with E-state index in [0.29, 0.717) is 24.8 Å². The Balaban J connectivity index is 2.19. The predicted molar refractivity (Wildman–Crippen MR) is 80.6 cm³/mol. The van der Waals surface area contributed by atoms with Crippen molar-refractivity contribution in [2.45, 2.75) is 31.1 Å². The van der Waals surface area contributed by atoms with Gasteiger partial charge in [0, 0.05) is 18.4 Å². The van der Waals surface area contributed by atoms with Gasteiger partial charge in [-0.1, -0.05) is 13.0 Å². The van der Waals surface area contributed by atoms with Crippen LogP contribution in [-0.4, -0.2) is 38.2 Å². The van der Waals surface area contributed by atoms with Crippen molar-refractivity contribution in [3.05, 3.63) is 29.3 Å². The molecule has 0 heterocycles. The fraction of sp³-hybridized carbons (Fsp3) is 0.467. The van der Waals surface area contributed by atoms with Crippen molar-refractivity contribution in [2.75, 3.05) is 12.8 Å². The van der Waals surface area contributed by atoms with Crippen molar-refractivity contribution < 1.29 is 23.1 Å². The SMILES string of the molecule is CCc1ccc(C(=O)NCC2(C(=O)O)CC2)cc1S(C)(=O)=O. The first kappa shape index (κ1) is 16.5. The van der Waals surface area contributed by atoms with E-state index < -0.39 is 27.1 Å². The Morgan fingerprint density at radius 3 is 2.41 bits per heavy atom.